The van der Waals surface area contributed by atoms with Gasteiger partial charge in [-0.05, 0) is 0 Å². The summed E-state index contributed by atoms with van der Waals surface area (Å²) in [6.07, 6.45) is 0. The zero-order valence-corrected chi connectivity index (χ0v) is 6.96. The van der Waals surface area contributed by atoms with Crippen molar-refractivity contribution in [1.82, 2.24) is 0 Å². The van der Waals surface area contributed by atoms with Gasteiger partial charge in [-0.25, -0.2) is 0 Å². The van der Waals surface area contributed by atoms with E-state index in [0.717, 1.165) is 0 Å². The fourth-order valence-corrected chi connectivity index (χ4v) is 0. The third kappa shape index (κ3) is 87.3. The first-order valence-electron chi connectivity index (χ1n) is 0.894. The second-order valence-corrected chi connectivity index (χ2v) is 1.80. The summed E-state index contributed by atoms with van der Waals surface area (Å²) in [6, 6.07) is 0. The number of hydrogen-bond donors (Lipinski definition) is 4. The maximum atomic E-state index is 7.33. The zero-order chi connectivity index (χ0) is 4.50. The van der Waals surface area contributed by atoms with Crippen molar-refractivity contribution in [3.8, 4) is 0 Å². The van der Waals surface area contributed by atoms with Crippen LogP contribution in [0.4, 0.5) is 0 Å². The molecule has 4 N–H and O–H groups in total. The summed E-state index contributed by atoms with van der Waals surface area (Å²) >= 11 is 0. The predicted molar refractivity (Wildman–Crippen MR) is 31.7 cm³/mol. The van der Waals surface area contributed by atoms with E-state index >= 15 is 0 Å². The molecular formula is H8AlNaO4SiZn. The quantitative estimate of drug-likeness (QED) is 0.308. The summed E-state index contributed by atoms with van der Waals surface area (Å²) in [4.78, 5) is 29.3. The fraction of sp³-hybridized carbons (Fsp3) is 0. The molecule has 0 saturated heterocycles. The average Bonchev–Trinajstić information content (AvgIpc) is 0.722. The van der Waals surface area contributed by atoms with Crippen LogP contribution in [-0.4, -0.2) is 75.1 Å². The van der Waals surface area contributed by atoms with E-state index in [-0.39, 0.29) is 66.4 Å². The van der Waals surface area contributed by atoms with Crippen LogP contribution in [0, 0.1) is 0 Å². The van der Waals surface area contributed by atoms with Gasteiger partial charge < -0.3 is 19.2 Å². The molecule has 0 spiro atoms. The minimum Gasteiger partial charge on any atom is 0 e. The summed E-state index contributed by atoms with van der Waals surface area (Å²) in [7, 11) is -4.61. The number of hydrogen-bond acceptors (Lipinski definition) is 4. The van der Waals surface area contributed by atoms with E-state index in [9.17, 15) is 0 Å². The Morgan fingerprint density at radius 1 is 0.875 bits per heavy atom. The topological polar surface area (TPSA) is 80.9 Å². The van der Waals surface area contributed by atoms with Crippen LogP contribution in [0.2, 0.25) is 0 Å². The minimum absolute atomic E-state index is 0. The van der Waals surface area contributed by atoms with E-state index in [0.29, 0.717) is 0 Å². The zero-order valence-electron chi connectivity index (χ0n) is 3.00. The van der Waals surface area contributed by atoms with Crippen LogP contribution < -0.4 is 0 Å². The van der Waals surface area contributed by atoms with Crippen molar-refractivity contribution in [2.75, 3.05) is 0 Å². The SMILES string of the molecule is O[Si](O)(O)O.[AlH3].[NaH].[Zn]. The molecule has 0 heterocycles. The molecule has 0 aliphatic heterocycles. The second-order valence-electron chi connectivity index (χ2n) is 0.600. The molecule has 0 rings (SSSR count). The summed E-state index contributed by atoms with van der Waals surface area (Å²) in [5, 5.41) is 0. The molecule has 0 radical (unpaired) electrons. The Hall–Kier alpha value is 2.21. The van der Waals surface area contributed by atoms with Crippen LogP contribution in [0.25, 0.3) is 0 Å². The molecule has 0 aliphatic carbocycles. The van der Waals surface area contributed by atoms with Gasteiger partial charge >= 0.3 is 38.6 Å². The predicted octanol–water partition coefficient (Wildman–Crippen LogP) is -4.44. The van der Waals surface area contributed by atoms with Crippen LogP contribution in [-0.2, 0) is 19.5 Å². The average molecular weight is 216 g/mol. The van der Waals surface area contributed by atoms with Crippen molar-refractivity contribution in [2.45, 2.75) is 0 Å². The molecule has 0 aromatic carbocycles. The van der Waals surface area contributed by atoms with E-state index in [1.807, 2.05) is 0 Å². The van der Waals surface area contributed by atoms with Crippen LogP contribution >= 0.6 is 0 Å². The van der Waals surface area contributed by atoms with Gasteiger partial charge in [-0.3, -0.25) is 0 Å². The summed E-state index contributed by atoms with van der Waals surface area (Å²) in [5.41, 5.74) is 0. The van der Waals surface area contributed by atoms with E-state index < -0.39 is 9.05 Å². The van der Waals surface area contributed by atoms with Crippen LogP contribution in [0.3, 0.4) is 0 Å². The van der Waals surface area contributed by atoms with Gasteiger partial charge in [0.05, 0.1) is 0 Å². The van der Waals surface area contributed by atoms with Crippen molar-refractivity contribution < 1.29 is 38.7 Å². The van der Waals surface area contributed by atoms with E-state index in [2.05, 4.69) is 0 Å². The van der Waals surface area contributed by atoms with E-state index in [4.69, 9.17) is 19.2 Å². The molecule has 42 valence electrons. The largest absolute Gasteiger partial charge is 0 e. The Balaban J connectivity index is -0.0000000267. The van der Waals surface area contributed by atoms with Crippen molar-refractivity contribution in [3.63, 3.8) is 0 Å². The second kappa shape index (κ2) is 9.21. The van der Waals surface area contributed by atoms with Crippen LogP contribution in [0.15, 0.2) is 0 Å². The van der Waals surface area contributed by atoms with Gasteiger partial charge in [0, 0.05) is 19.5 Å². The molecule has 0 aliphatic rings. The summed E-state index contributed by atoms with van der Waals surface area (Å²) in [6.45, 7) is 0. The van der Waals surface area contributed by atoms with Crippen molar-refractivity contribution >= 4 is 56.0 Å². The molecule has 0 bridgehead atoms. The molecule has 0 aromatic rings. The molecule has 4 nitrogen and oxygen atoms in total. The van der Waals surface area contributed by atoms with Crippen LogP contribution in [0.1, 0.15) is 0 Å². The van der Waals surface area contributed by atoms with Crippen molar-refractivity contribution in [2.24, 2.45) is 0 Å². The summed E-state index contributed by atoms with van der Waals surface area (Å²) < 4.78 is 0. The van der Waals surface area contributed by atoms with E-state index in [1.54, 1.807) is 0 Å². The first-order valence-corrected chi connectivity index (χ1v) is 2.68. The number of rotatable bonds is 0. The molecule has 0 amide bonds. The van der Waals surface area contributed by atoms with Gasteiger partial charge in [0.15, 0.2) is 17.4 Å². The Labute approximate surface area is 93.6 Å². The Bertz CT molecular complexity index is 31.5. The maximum Gasteiger partial charge on any atom is 0 e. The smallest absolute Gasteiger partial charge is 0 e. The third-order valence-electron chi connectivity index (χ3n) is 0. The molecule has 0 aromatic heterocycles. The molecule has 0 unspecified atom stereocenters. The van der Waals surface area contributed by atoms with Gasteiger partial charge in [0.1, 0.15) is 0 Å². The van der Waals surface area contributed by atoms with Gasteiger partial charge in [-0.2, -0.15) is 0 Å². The Kier molecular flexibility index (Phi) is 25.9. The van der Waals surface area contributed by atoms with Crippen molar-refractivity contribution in [1.29, 1.82) is 0 Å². The van der Waals surface area contributed by atoms with Crippen LogP contribution in [0.5, 0.6) is 0 Å². The standard InChI is InChI=1S/Al.Na.H4O4Si.Zn.4H/c;;1-5(2,3)4;;;;;/h;;1-4H;;;;;. The molecule has 8 heavy (non-hydrogen) atoms. The van der Waals surface area contributed by atoms with Gasteiger partial charge in [-0.15, -0.1) is 0 Å². The van der Waals surface area contributed by atoms with Gasteiger partial charge in [0.25, 0.3) is 0 Å². The third-order valence-corrected chi connectivity index (χ3v) is 0. The molecule has 0 saturated carbocycles. The molecule has 0 atom stereocenters. The normalized spacial score (nSPS) is 7.50. The maximum absolute atomic E-state index is 7.33. The van der Waals surface area contributed by atoms with Gasteiger partial charge in [-0.1, -0.05) is 0 Å². The first kappa shape index (κ1) is 22.5. The fourth-order valence-electron chi connectivity index (χ4n) is 0. The summed E-state index contributed by atoms with van der Waals surface area (Å²) in [5.74, 6) is 0. The van der Waals surface area contributed by atoms with Gasteiger partial charge in [0.2, 0.25) is 0 Å². The molecule has 0 fully saturated rings. The van der Waals surface area contributed by atoms with Crippen molar-refractivity contribution in [3.05, 3.63) is 0 Å². The molecule has 8 heteroatoms. The minimum atomic E-state index is -4.61. The monoisotopic (exact) mass is 214 g/mol. The Morgan fingerprint density at radius 2 is 0.875 bits per heavy atom. The first-order chi connectivity index (χ1) is 2.00. The van der Waals surface area contributed by atoms with E-state index in [1.165, 1.54) is 0 Å². The molecular weight excluding hydrogens is 207 g/mol. The Morgan fingerprint density at radius 3 is 0.875 bits per heavy atom.